The molecule has 1 heterocycles. The van der Waals surface area contributed by atoms with Crippen molar-refractivity contribution in [2.24, 2.45) is 0 Å². The van der Waals surface area contributed by atoms with E-state index in [2.05, 4.69) is 34.7 Å². The lowest BCUT2D eigenvalue weighted by Crippen LogP contribution is -2.24. The van der Waals surface area contributed by atoms with Gasteiger partial charge < -0.3 is 28.4 Å². The number of nitrogens with zero attached hydrogens (tertiary/aromatic N) is 3. The quantitative estimate of drug-likeness (QED) is 0.206. The Morgan fingerprint density at radius 2 is 0.867 bits per heavy atom. The van der Waals surface area contributed by atoms with E-state index >= 15 is 0 Å². The van der Waals surface area contributed by atoms with E-state index in [-0.39, 0.29) is 18.0 Å². The summed E-state index contributed by atoms with van der Waals surface area (Å²) in [6.07, 6.45) is -0.480. The topological polar surface area (TPSA) is 145 Å². The smallest absolute Gasteiger partial charge is 0.333 e. The summed E-state index contributed by atoms with van der Waals surface area (Å²) in [6, 6.07) is -1.07. The first kappa shape index (κ1) is 24.1. The predicted octanol–water partition coefficient (Wildman–Crippen LogP) is 1.23. The predicted molar refractivity (Wildman–Crippen MR) is 99.0 cm³/mol. The van der Waals surface area contributed by atoms with Gasteiger partial charge in [-0.25, -0.2) is 14.4 Å². The van der Waals surface area contributed by atoms with Crippen molar-refractivity contribution >= 4 is 17.9 Å². The Bertz CT molecular complexity index is 695. The van der Waals surface area contributed by atoms with Gasteiger partial charge in [0.05, 0.1) is 0 Å². The fraction of sp³-hybridized carbons (Fsp3) is 0.333. The number of carbonyl (C=O) groups is 3. The van der Waals surface area contributed by atoms with Crippen molar-refractivity contribution in [1.29, 1.82) is 0 Å². The van der Waals surface area contributed by atoms with E-state index in [0.717, 1.165) is 18.2 Å². The van der Waals surface area contributed by atoms with Crippen LogP contribution >= 0.6 is 0 Å². The number of ether oxygens (including phenoxy) is 6. The number of aromatic nitrogens is 3. The van der Waals surface area contributed by atoms with Crippen LogP contribution in [0.25, 0.3) is 0 Å². The fourth-order valence-electron chi connectivity index (χ4n) is 1.63. The minimum absolute atomic E-state index is 0.358. The fourth-order valence-corrected chi connectivity index (χ4v) is 1.63. The summed E-state index contributed by atoms with van der Waals surface area (Å²) in [7, 11) is 0. The first-order valence-corrected chi connectivity index (χ1v) is 8.42. The van der Waals surface area contributed by atoms with Gasteiger partial charge in [-0.05, 0) is 0 Å². The number of esters is 3. The Balaban J connectivity index is 3.03. The highest BCUT2D eigenvalue weighted by molar-refractivity contribution is 5.81. The van der Waals surface area contributed by atoms with Crippen LogP contribution in [0.2, 0.25) is 0 Å². The molecule has 0 amide bonds. The van der Waals surface area contributed by atoms with Crippen molar-refractivity contribution in [2.75, 3.05) is 0 Å². The highest BCUT2D eigenvalue weighted by Crippen LogP contribution is 2.18. The van der Waals surface area contributed by atoms with Crippen molar-refractivity contribution in [1.82, 2.24) is 15.0 Å². The lowest BCUT2D eigenvalue weighted by Gasteiger charge is -2.17. The molecule has 0 fully saturated rings. The number of rotatable bonds is 12. The van der Waals surface area contributed by atoms with Gasteiger partial charge in [0.1, 0.15) is 0 Å². The van der Waals surface area contributed by atoms with Crippen molar-refractivity contribution in [3.05, 3.63) is 38.0 Å². The zero-order valence-electron chi connectivity index (χ0n) is 16.6. The largest absolute Gasteiger partial charge is 0.423 e. The molecule has 0 aromatic carbocycles. The SMILES string of the molecule is C=CC(=O)OC(C)Oc1nc(OC(C)OC(=O)C=C)nc(OC(C)OC(=O)C=C)n1. The van der Waals surface area contributed by atoms with E-state index in [1.54, 1.807) is 0 Å². The van der Waals surface area contributed by atoms with Crippen LogP contribution < -0.4 is 14.2 Å². The second-order valence-electron chi connectivity index (χ2n) is 5.16. The van der Waals surface area contributed by atoms with Gasteiger partial charge in [0.25, 0.3) is 0 Å². The molecule has 0 aliphatic heterocycles. The average Bonchev–Trinajstić information content (AvgIpc) is 2.66. The minimum Gasteiger partial charge on any atom is -0.423 e. The minimum atomic E-state index is -1.11. The molecule has 12 nitrogen and oxygen atoms in total. The molecule has 0 N–H and O–H groups in total. The molecule has 1 aromatic rings. The molecule has 1 rings (SSSR count). The van der Waals surface area contributed by atoms with E-state index in [1.165, 1.54) is 20.8 Å². The maximum Gasteiger partial charge on any atom is 0.333 e. The standard InChI is InChI=1S/C18H21N3O9/c1-7-13(22)25-10(4)28-16-19-17(29-11(5)26-14(23)8-2)21-18(20-16)30-12(6)27-15(24)9-3/h7-12H,1-3H2,4-6H3. The monoisotopic (exact) mass is 423 g/mol. The van der Waals surface area contributed by atoms with Gasteiger partial charge in [0.2, 0.25) is 18.9 Å². The summed E-state index contributed by atoms with van der Waals surface area (Å²) in [5.41, 5.74) is 0. The molecule has 162 valence electrons. The van der Waals surface area contributed by atoms with Crippen LogP contribution in [0.1, 0.15) is 20.8 Å². The van der Waals surface area contributed by atoms with Crippen molar-refractivity contribution < 1.29 is 42.8 Å². The third-order valence-corrected chi connectivity index (χ3v) is 2.73. The highest BCUT2D eigenvalue weighted by atomic mass is 16.7. The normalized spacial score (nSPS) is 12.9. The van der Waals surface area contributed by atoms with Crippen molar-refractivity contribution in [3.8, 4) is 18.0 Å². The molecule has 0 spiro atoms. The lowest BCUT2D eigenvalue weighted by molar-refractivity contribution is -0.155. The van der Waals surface area contributed by atoms with Crippen LogP contribution in [0, 0.1) is 0 Å². The second kappa shape index (κ2) is 11.8. The van der Waals surface area contributed by atoms with Crippen LogP contribution in [0.15, 0.2) is 38.0 Å². The summed E-state index contributed by atoms with van der Waals surface area (Å²) < 4.78 is 30.4. The number of hydrogen-bond donors (Lipinski definition) is 0. The van der Waals surface area contributed by atoms with Gasteiger partial charge in [0, 0.05) is 39.0 Å². The van der Waals surface area contributed by atoms with Crippen molar-refractivity contribution in [3.63, 3.8) is 0 Å². The molecule has 12 heteroatoms. The van der Waals surface area contributed by atoms with Crippen LogP contribution in [0.5, 0.6) is 18.0 Å². The van der Waals surface area contributed by atoms with E-state index < -0.39 is 36.8 Å². The number of hydrogen-bond acceptors (Lipinski definition) is 12. The maximum absolute atomic E-state index is 11.3. The summed E-state index contributed by atoms with van der Waals surface area (Å²) in [4.78, 5) is 45.4. The summed E-state index contributed by atoms with van der Waals surface area (Å²) in [6.45, 7) is 14.0. The molecule has 3 atom stereocenters. The molecule has 0 saturated heterocycles. The first-order chi connectivity index (χ1) is 14.2. The molecule has 30 heavy (non-hydrogen) atoms. The summed E-state index contributed by atoms with van der Waals surface area (Å²) >= 11 is 0. The lowest BCUT2D eigenvalue weighted by atomic mass is 10.6. The highest BCUT2D eigenvalue weighted by Gasteiger charge is 2.19. The van der Waals surface area contributed by atoms with Gasteiger partial charge in [0.15, 0.2) is 0 Å². The molecule has 0 bridgehead atoms. The van der Waals surface area contributed by atoms with Crippen molar-refractivity contribution in [2.45, 2.75) is 39.6 Å². The van der Waals surface area contributed by atoms with Gasteiger partial charge >= 0.3 is 35.9 Å². The molecular weight excluding hydrogens is 402 g/mol. The Kier molecular flexibility index (Phi) is 9.46. The van der Waals surface area contributed by atoms with E-state index in [9.17, 15) is 14.4 Å². The van der Waals surface area contributed by atoms with Gasteiger partial charge in [-0.2, -0.15) is 0 Å². The third kappa shape index (κ3) is 8.82. The molecule has 3 unspecified atom stereocenters. The van der Waals surface area contributed by atoms with Gasteiger partial charge in [-0.1, -0.05) is 19.7 Å². The van der Waals surface area contributed by atoms with Gasteiger partial charge in [-0.15, -0.1) is 15.0 Å². The summed E-state index contributed by atoms with van der Waals surface area (Å²) in [5.74, 6) is -2.21. The van der Waals surface area contributed by atoms with Crippen LogP contribution in [-0.4, -0.2) is 51.7 Å². The van der Waals surface area contributed by atoms with E-state index in [4.69, 9.17) is 28.4 Å². The van der Waals surface area contributed by atoms with Gasteiger partial charge in [-0.3, -0.25) is 0 Å². The van der Waals surface area contributed by atoms with Crippen LogP contribution in [-0.2, 0) is 28.6 Å². The Hall–Kier alpha value is -3.96. The molecule has 0 radical (unpaired) electrons. The average molecular weight is 423 g/mol. The van der Waals surface area contributed by atoms with E-state index in [1.807, 2.05) is 0 Å². The maximum atomic E-state index is 11.3. The first-order valence-electron chi connectivity index (χ1n) is 8.42. The van der Waals surface area contributed by atoms with E-state index in [0.29, 0.717) is 0 Å². The number of carbonyl (C=O) groups excluding carboxylic acids is 3. The molecular formula is C18H21N3O9. The molecule has 0 saturated carbocycles. The molecule has 0 aliphatic carbocycles. The second-order valence-corrected chi connectivity index (χ2v) is 5.16. The summed E-state index contributed by atoms with van der Waals surface area (Å²) in [5, 5.41) is 0. The zero-order chi connectivity index (χ0) is 22.7. The third-order valence-electron chi connectivity index (χ3n) is 2.73. The molecule has 1 aromatic heterocycles. The zero-order valence-corrected chi connectivity index (χ0v) is 16.6. The Labute approximate surface area is 172 Å². The molecule has 0 aliphatic rings. The Morgan fingerprint density at radius 1 is 0.633 bits per heavy atom. The Morgan fingerprint density at radius 3 is 1.07 bits per heavy atom. The van der Waals surface area contributed by atoms with Crippen LogP contribution in [0.3, 0.4) is 0 Å². The van der Waals surface area contributed by atoms with Crippen LogP contribution in [0.4, 0.5) is 0 Å².